The highest BCUT2D eigenvalue weighted by molar-refractivity contribution is 5.98. The monoisotopic (exact) mass is 560 g/mol. The number of nitrogens with zero attached hydrogens (tertiary/aromatic N) is 3. The number of allylic oxidation sites excluding steroid dienone is 3. The number of amides is 1. The fraction of sp³-hybridized carbons (Fsp3) is 0.481. The van der Waals surface area contributed by atoms with Gasteiger partial charge in [0.2, 0.25) is 0 Å². The summed E-state index contributed by atoms with van der Waals surface area (Å²) in [7, 11) is 3.31. The maximum absolute atomic E-state index is 13.1. The molecule has 0 saturated carbocycles. The lowest BCUT2D eigenvalue weighted by Crippen LogP contribution is -2.57. The van der Waals surface area contributed by atoms with Crippen molar-refractivity contribution < 1.29 is 25.1 Å². The van der Waals surface area contributed by atoms with Crippen LogP contribution in [0.1, 0.15) is 45.2 Å². The molecular weight excluding hydrogens is 516 g/mol. The number of carbonyl (C=O) groups excluding carboxylic acids is 1. The normalized spacial score (nSPS) is 16.8. The number of hydrazine groups is 3. The maximum atomic E-state index is 13.1. The van der Waals surface area contributed by atoms with E-state index in [1.165, 1.54) is 0 Å². The van der Waals surface area contributed by atoms with Crippen LogP contribution < -0.4 is 27.3 Å². The molecule has 3 unspecified atom stereocenters. The number of ether oxygens (including phenoxy) is 1. The Labute approximate surface area is 236 Å². The van der Waals surface area contributed by atoms with Crippen LogP contribution in [0.4, 0.5) is 0 Å². The van der Waals surface area contributed by atoms with E-state index < -0.39 is 29.5 Å². The van der Waals surface area contributed by atoms with Crippen LogP contribution in [-0.2, 0) is 16.1 Å². The third-order valence-corrected chi connectivity index (χ3v) is 6.26. The summed E-state index contributed by atoms with van der Waals surface area (Å²) < 4.78 is 5.17. The second-order valence-corrected chi connectivity index (χ2v) is 10.7. The lowest BCUT2D eigenvalue weighted by Gasteiger charge is -2.33. The fourth-order valence-corrected chi connectivity index (χ4v) is 3.95. The molecule has 0 saturated heterocycles. The summed E-state index contributed by atoms with van der Waals surface area (Å²) in [6, 6.07) is 5.93. The number of aliphatic hydroxyl groups excluding tert-OH is 1. The van der Waals surface area contributed by atoms with Gasteiger partial charge in [-0.1, -0.05) is 63.3 Å². The van der Waals surface area contributed by atoms with Crippen LogP contribution >= 0.6 is 0 Å². The molecule has 2 rings (SSSR count). The summed E-state index contributed by atoms with van der Waals surface area (Å²) in [4.78, 5) is 13.1. The predicted molar refractivity (Wildman–Crippen MR) is 152 cm³/mol. The summed E-state index contributed by atoms with van der Waals surface area (Å²) in [5.74, 6) is 0.777. The van der Waals surface area contributed by atoms with Gasteiger partial charge in [0.1, 0.15) is 11.8 Å². The second-order valence-electron chi connectivity index (χ2n) is 10.7. The summed E-state index contributed by atoms with van der Waals surface area (Å²) in [6.45, 7) is 11.2. The number of carbonyl (C=O) groups is 1. The summed E-state index contributed by atoms with van der Waals surface area (Å²) in [6.07, 6.45) is 4.38. The Bertz CT molecular complexity index is 1070. The van der Waals surface area contributed by atoms with E-state index in [0.717, 1.165) is 16.7 Å². The lowest BCUT2D eigenvalue weighted by atomic mass is 9.87. The number of hydroxylamine groups is 2. The van der Waals surface area contributed by atoms with Gasteiger partial charge in [-0.2, -0.15) is 11.0 Å². The zero-order valence-electron chi connectivity index (χ0n) is 24.1. The van der Waals surface area contributed by atoms with Crippen molar-refractivity contribution in [3.63, 3.8) is 0 Å². The minimum Gasteiger partial charge on any atom is -0.497 e. The third kappa shape index (κ3) is 10.0. The van der Waals surface area contributed by atoms with E-state index in [4.69, 9.17) is 4.74 Å². The third-order valence-electron chi connectivity index (χ3n) is 6.26. The fourth-order valence-electron chi connectivity index (χ4n) is 3.95. The number of benzene rings is 1. The highest BCUT2D eigenvalue weighted by atomic mass is 16.5. The summed E-state index contributed by atoms with van der Waals surface area (Å²) in [5.41, 5.74) is 14.9. The van der Waals surface area contributed by atoms with Crippen LogP contribution in [0.25, 0.3) is 0 Å². The van der Waals surface area contributed by atoms with Gasteiger partial charge in [0, 0.05) is 25.7 Å². The molecule has 0 spiro atoms. The molecule has 0 fully saturated rings. The molecule has 0 aromatic heterocycles. The molecule has 0 aliphatic carbocycles. The summed E-state index contributed by atoms with van der Waals surface area (Å²) >= 11 is 0. The first kappa shape index (κ1) is 32.9. The Morgan fingerprint density at radius 2 is 1.90 bits per heavy atom. The number of nitrogens with one attached hydrogen (secondary N) is 5. The van der Waals surface area contributed by atoms with Gasteiger partial charge in [0.05, 0.1) is 19.3 Å². The Morgan fingerprint density at radius 3 is 2.40 bits per heavy atom. The maximum Gasteiger partial charge on any atom is 0.254 e. The number of aliphatic hydroxyl groups is 1. The van der Waals surface area contributed by atoms with Gasteiger partial charge in [-0.3, -0.25) is 15.6 Å². The van der Waals surface area contributed by atoms with Gasteiger partial charge >= 0.3 is 0 Å². The molecular formula is C27H44N8O5. The van der Waals surface area contributed by atoms with Crippen LogP contribution in [-0.4, -0.2) is 76.3 Å². The molecule has 13 nitrogen and oxygen atoms in total. The standard InChI is InChI=1S/C27H44N8O5/c1-8-21(40-7)14-9-18(2)15-22(31-38)23(36)17-35(30-26(37)24(32-39)27(3,4)5)16-19-10-12-20(13-11-19)25-28-33-34(6)29-25/h8-14,22-24,31-33,36,38-39H,1,15-17H2,2-7H3,(H,28,29)(H,30,37)/b18-9+,21-14+. The molecule has 1 aromatic carbocycles. The molecule has 1 heterocycles. The number of rotatable bonds is 15. The number of hydrogen-bond acceptors (Lipinski definition) is 12. The lowest BCUT2D eigenvalue weighted by molar-refractivity contribution is -0.135. The quantitative estimate of drug-likeness (QED) is 0.0885. The Morgan fingerprint density at radius 1 is 1.23 bits per heavy atom. The van der Waals surface area contributed by atoms with Crippen molar-refractivity contribution in [1.29, 1.82) is 0 Å². The molecule has 13 heteroatoms. The molecule has 8 N–H and O–H groups in total. The molecule has 40 heavy (non-hydrogen) atoms. The van der Waals surface area contributed by atoms with Gasteiger partial charge < -0.3 is 20.3 Å². The average Bonchev–Trinajstić information content (AvgIpc) is 3.33. The Kier molecular flexibility index (Phi) is 12.7. The Balaban J connectivity index is 2.22. The van der Waals surface area contributed by atoms with Crippen LogP contribution in [0.3, 0.4) is 0 Å². The van der Waals surface area contributed by atoms with Gasteiger partial charge in [0.25, 0.3) is 5.91 Å². The van der Waals surface area contributed by atoms with Crippen molar-refractivity contribution in [2.45, 2.75) is 58.8 Å². The van der Waals surface area contributed by atoms with Crippen molar-refractivity contribution in [1.82, 2.24) is 37.5 Å². The molecule has 1 amide bonds. The first-order valence-corrected chi connectivity index (χ1v) is 12.9. The van der Waals surface area contributed by atoms with Crippen molar-refractivity contribution in [3.8, 4) is 0 Å². The van der Waals surface area contributed by atoms with E-state index in [-0.39, 0.29) is 13.1 Å². The summed E-state index contributed by atoms with van der Waals surface area (Å²) in [5, 5.41) is 37.9. The first-order chi connectivity index (χ1) is 18.9. The van der Waals surface area contributed by atoms with Crippen LogP contribution in [0, 0.1) is 5.41 Å². The van der Waals surface area contributed by atoms with E-state index in [9.17, 15) is 20.3 Å². The SMILES string of the molecule is C=C/C(=C\C=C(/C)CC(NO)C(O)CN(Cc1ccc(C2=NN(C)NN2)cc1)NC(=O)C(NO)C(C)(C)C)OC. The number of hydrogen-bond donors (Lipinski definition) is 8. The zero-order chi connectivity index (χ0) is 29.9. The van der Waals surface area contributed by atoms with Crippen LogP contribution in [0.2, 0.25) is 0 Å². The molecule has 222 valence electrons. The number of methoxy groups -OCH3 is 1. The van der Waals surface area contributed by atoms with E-state index in [2.05, 4.69) is 39.0 Å². The van der Waals surface area contributed by atoms with Gasteiger partial charge in [0.15, 0.2) is 5.84 Å². The smallest absolute Gasteiger partial charge is 0.254 e. The van der Waals surface area contributed by atoms with E-state index in [1.807, 2.05) is 58.0 Å². The average molecular weight is 561 g/mol. The number of hydrazone groups is 1. The minimum absolute atomic E-state index is 0.0178. The molecule has 1 aliphatic rings. The van der Waals surface area contributed by atoms with Crippen molar-refractivity contribution in [2.75, 3.05) is 20.7 Å². The van der Waals surface area contributed by atoms with Crippen LogP contribution in [0.15, 0.2) is 65.5 Å². The van der Waals surface area contributed by atoms with E-state index in [1.54, 1.807) is 36.4 Å². The number of amidine groups is 1. The second kappa shape index (κ2) is 15.5. The molecule has 1 aliphatic heterocycles. The van der Waals surface area contributed by atoms with Gasteiger partial charge in [-0.25, -0.2) is 10.1 Å². The van der Waals surface area contributed by atoms with E-state index >= 15 is 0 Å². The molecule has 1 aromatic rings. The topological polar surface area (TPSA) is 166 Å². The van der Waals surface area contributed by atoms with Gasteiger partial charge in [-0.05, 0) is 36.5 Å². The Hall–Kier alpha value is -3.30. The van der Waals surface area contributed by atoms with Crippen LogP contribution in [0.5, 0.6) is 0 Å². The highest BCUT2D eigenvalue weighted by Crippen LogP contribution is 2.20. The zero-order valence-corrected chi connectivity index (χ0v) is 24.1. The van der Waals surface area contributed by atoms with Crippen molar-refractivity contribution in [3.05, 3.63) is 71.5 Å². The van der Waals surface area contributed by atoms with Gasteiger partial charge in [-0.15, -0.1) is 10.6 Å². The highest BCUT2D eigenvalue weighted by Gasteiger charge is 2.32. The predicted octanol–water partition coefficient (Wildman–Crippen LogP) is 1.29. The largest absolute Gasteiger partial charge is 0.497 e. The molecule has 0 bridgehead atoms. The minimum atomic E-state index is -1.08. The van der Waals surface area contributed by atoms with Crippen molar-refractivity contribution in [2.24, 2.45) is 10.5 Å². The molecule has 3 atom stereocenters. The van der Waals surface area contributed by atoms with E-state index in [0.29, 0.717) is 18.0 Å². The first-order valence-electron chi connectivity index (χ1n) is 12.9. The molecule has 0 radical (unpaired) electrons. The van der Waals surface area contributed by atoms with Crippen molar-refractivity contribution >= 4 is 11.7 Å².